The van der Waals surface area contributed by atoms with Gasteiger partial charge in [0.15, 0.2) is 6.29 Å². The molecule has 0 radical (unpaired) electrons. The first-order valence-electron chi connectivity index (χ1n) is 4.94. The van der Waals surface area contributed by atoms with Crippen molar-refractivity contribution in [2.24, 2.45) is 0 Å². The molecule has 4 heteroatoms. The highest BCUT2D eigenvalue weighted by Gasteiger charge is 2.25. The molecule has 0 aliphatic carbocycles. The molecule has 2 N–H and O–H groups in total. The number of rotatable bonds is 3. The molecule has 1 aromatic carbocycles. The van der Waals surface area contributed by atoms with Crippen LogP contribution in [0, 0.1) is 0 Å². The van der Waals surface area contributed by atoms with Crippen LogP contribution >= 0.6 is 0 Å². The fourth-order valence-electron chi connectivity index (χ4n) is 1.57. The third-order valence-corrected chi connectivity index (χ3v) is 2.39. The fourth-order valence-corrected chi connectivity index (χ4v) is 1.57. The van der Waals surface area contributed by atoms with Crippen LogP contribution in [-0.2, 0) is 15.9 Å². The molecule has 15 heavy (non-hydrogen) atoms. The van der Waals surface area contributed by atoms with Crippen LogP contribution in [0.15, 0.2) is 24.3 Å². The van der Waals surface area contributed by atoms with Gasteiger partial charge in [-0.25, -0.2) is 0 Å². The lowest BCUT2D eigenvalue weighted by Crippen LogP contribution is -2.17. The van der Waals surface area contributed by atoms with Crippen molar-refractivity contribution in [1.29, 1.82) is 0 Å². The van der Waals surface area contributed by atoms with E-state index in [9.17, 15) is 5.11 Å². The molecular weight excluding hydrogens is 196 g/mol. The number of benzene rings is 1. The SMILES string of the molecule is OCC1COC(Cc2ccccc2O)O1. The highest BCUT2D eigenvalue weighted by Crippen LogP contribution is 2.21. The van der Waals surface area contributed by atoms with Gasteiger partial charge in [0.2, 0.25) is 0 Å². The summed E-state index contributed by atoms with van der Waals surface area (Å²) in [6, 6.07) is 7.08. The van der Waals surface area contributed by atoms with Crippen molar-refractivity contribution in [2.45, 2.75) is 18.8 Å². The predicted molar refractivity (Wildman–Crippen MR) is 53.5 cm³/mol. The minimum absolute atomic E-state index is 0.0305. The molecule has 0 aromatic heterocycles. The topological polar surface area (TPSA) is 58.9 Å². The predicted octanol–water partition coefficient (Wildman–Crippen LogP) is 0.668. The van der Waals surface area contributed by atoms with Gasteiger partial charge in [0.1, 0.15) is 11.9 Å². The molecule has 1 fully saturated rings. The summed E-state index contributed by atoms with van der Waals surface area (Å²) in [5.41, 5.74) is 0.793. The summed E-state index contributed by atoms with van der Waals surface area (Å²) < 4.78 is 10.7. The Kier molecular flexibility index (Phi) is 3.20. The van der Waals surface area contributed by atoms with E-state index in [0.29, 0.717) is 13.0 Å². The van der Waals surface area contributed by atoms with E-state index in [0.717, 1.165) is 5.56 Å². The Hall–Kier alpha value is -1.10. The molecule has 1 aliphatic rings. The van der Waals surface area contributed by atoms with E-state index in [4.69, 9.17) is 14.6 Å². The van der Waals surface area contributed by atoms with Crippen molar-refractivity contribution in [2.75, 3.05) is 13.2 Å². The van der Waals surface area contributed by atoms with Crippen molar-refractivity contribution in [3.8, 4) is 5.75 Å². The largest absolute Gasteiger partial charge is 0.508 e. The number of aliphatic hydroxyl groups is 1. The zero-order valence-corrected chi connectivity index (χ0v) is 8.30. The number of hydrogen-bond acceptors (Lipinski definition) is 4. The summed E-state index contributed by atoms with van der Waals surface area (Å²) >= 11 is 0. The van der Waals surface area contributed by atoms with Gasteiger partial charge in [0.25, 0.3) is 0 Å². The van der Waals surface area contributed by atoms with Crippen molar-refractivity contribution in [3.05, 3.63) is 29.8 Å². The molecule has 1 saturated heterocycles. The third-order valence-electron chi connectivity index (χ3n) is 2.39. The second-order valence-corrected chi connectivity index (χ2v) is 3.54. The van der Waals surface area contributed by atoms with Crippen LogP contribution in [0.3, 0.4) is 0 Å². The van der Waals surface area contributed by atoms with Gasteiger partial charge in [0.05, 0.1) is 13.2 Å². The van der Waals surface area contributed by atoms with Gasteiger partial charge >= 0.3 is 0 Å². The maximum Gasteiger partial charge on any atom is 0.162 e. The van der Waals surface area contributed by atoms with E-state index in [1.165, 1.54) is 0 Å². The Labute approximate surface area is 88.1 Å². The van der Waals surface area contributed by atoms with E-state index in [1.807, 2.05) is 12.1 Å². The second kappa shape index (κ2) is 4.61. The molecule has 2 unspecified atom stereocenters. The Morgan fingerprint density at radius 1 is 1.33 bits per heavy atom. The van der Waals surface area contributed by atoms with Crippen molar-refractivity contribution in [1.82, 2.24) is 0 Å². The van der Waals surface area contributed by atoms with Crippen LogP contribution in [0.1, 0.15) is 5.56 Å². The second-order valence-electron chi connectivity index (χ2n) is 3.54. The van der Waals surface area contributed by atoms with Gasteiger partial charge in [-0.1, -0.05) is 18.2 Å². The first-order valence-corrected chi connectivity index (χ1v) is 4.94. The van der Waals surface area contributed by atoms with Gasteiger partial charge in [-0.2, -0.15) is 0 Å². The maximum absolute atomic E-state index is 9.53. The quantitative estimate of drug-likeness (QED) is 0.769. The molecule has 0 saturated carbocycles. The van der Waals surface area contributed by atoms with Gasteiger partial charge in [-0.05, 0) is 11.6 Å². The third kappa shape index (κ3) is 2.47. The van der Waals surface area contributed by atoms with Crippen molar-refractivity contribution >= 4 is 0 Å². The van der Waals surface area contributed by atoms with Gasteiger partial charge in [0, 0.05) is 6.42 Å². The Morgan fingerprint density at radius 2 is 2.13 bits per heavy atom. The lowest BCUT2D eigenvalue weighted by Gasteiger charge is -2.11. The van der Waals surface area contributed by atoms with E-state index in [2.05, 4.69) is 0 Å². The van der Waals surface area contributed by atoms with E-state index < -0.39 is 0 Å². The molecule has 82 valence electrons. The van der Waals surface area contributed by atoms with E-state index >= 15 is 0 Å². The lowest BCUT2D eigenvalue weighted by atomic mass is 10.1. The van der Waals surface area contributed by atoms with Gasteiger partial charge < -0.3 is 19.7 Å². The summed E-state index contributed by atoms with van der Waals surface area (Å²) in [5, 5.41) is 18.4. The van der Waals surface area contributed by atoms with Crippen LogP contribution in [0.2, 0.25) is 0 Å². The van der Waals surface area contributed by atoms with Gasteiger partial charge in [-0.3, -0.25) is 0 Å². The van der Waals surface area contributed by atoms with E-state index in [1.54, 1.807) is 12.1 Å². The molecule has 4 nitrogen and oxygen atoms in total. The molecular formula is C11H14O4. The number of aliphatic hydroxyl groups excluding tert-OH is 1. The average Bonchev–Trinajstić information content (AvgIpc) is 2.69. The van der Waals surface area contributed by atoms with Gasteiger partial charge in [-0.15, -0.1) is 0 Å². The Balaban J connectivity index is 1.96. The summed E-state index contributed by atoms with van der Waals surface area (Å²) in [7, 11) is 0. The minimum atomic E-state index is -0.365. The van der Waals surface area contributed by atoms with Crippen molar-refractivity contribution in [3.63, 3.8) is 0 Å². The van der Waals surface area contributed by atoms with Crippen LogP contribution in [0.4, 0.5) is 0 Å². The molecule has 0 spiro atoms. The summed E-state index contributed by atoms with van der Waals surface area (Å²) in [6.07, 6.45) is -0.0975. The number of phenols is 1. The maximum atomic E-state index is 9.53. The smallest absolute Gasteiger partial charge is 0.162 e. The summed E-state index contributed by atoms with van der Waals surface area (Å²) in [5.74, 6) is 0.247. The number of ether oxygens (including phenoxy) is 2. The number of para-hydroxylation sites is 1. The molecule has 1 aliphatic heterocycles. The molecule has 2 rings (SSSR count). The van der Waals surface area contributed by atoms with Crippen LogP contribution in [0.5, 0.6) is 5.75 Å². The average molecular weight is 210 g/mol. The molecule has 2 atom stereocenters. The number of hydrogen-bond donors (Lipinski definition) is 2. The van der Waals surface area contributed by atoms with Crippen LogP contribution < -0.4 is 0 Å². The Bertz CT molecular complexity index is 326. The molecule has 1 heterocycles. The monoisotopic (exact) mass is 210 g/mol. The highest BCUT2D eigenvalue weighted by atomic mass is 16.7. The zero-order chi connectivity index (χ0) is 10.7. The summed E-state index contributed by atoms with van der Waals surface area (Å²) in [4.78, 5) is 0. The first kappa shape index (κ1) is 10.4. The molecule has 0 bridgehead atoms. The minimum Gasteiger partial charge on any atom is -0.508 e. The van der Waals surface area contributed by atoms with Crippen LogP contribution in [0.25, 0.3) is 0 Å². The zero-order valence-electron chi connectivity index (χ0n) is 8.30. The van der Waals surface area contributed by atoms with Crippen LogP contribution in [-0.4, -0.2) is 35.8 Å². The number of phenolic OH excluding ortho intramolecular Hbond substituents is 1. The first-order chi connectivity index (χ1) is 7.29. The fraction of sp³-hybridized carbons (Fsp3) is 0.455. The lowest BCUT2D eigenvalue weighted by molar-refractivity contribution is -0.0635. The Morgan fingerprint density at radius 3 is 2.80 bits per heavy atom. The standard InChI is InChI=1S/C11H14O4/c12-6-9-7-14-11(15-9)5-8-3-1-2-4-10(8)13/h1-4,9,11-13H,5-7H2. The van der Waals surface area contributed by atoms with Crippen molar-refractivity contribution < 1.29 is 19.7 Å². The van der Waals surface area contributed by atoms with E-state index in [-0.39, 0.29) is 24.8 Å². The highest BCUT2D eigenvalue weighted by molar-refractivity contribution is 5.32. The number of aromatic hydroxyl groups is 1. The molecule has 1 aromatic rings. The normalized spacial score (nSPS) is 25.7. The summed E-state index contributed by atoms with van der Waals surface area (Å²) in [6.45, 7) is 0.381. The molecule has 0 amide bonds.